The molecule has 140 valence electrons. The van der Waals surface area contributed by atoms with E-state index >= 15 is 0 Å². The van der Waals surface area contributed by atoms with Crippen LogP contribution in [0.25, 0.3) is 0 Å². The van der Waals surface area contributed by atoms with E-state index in [0.29, 0.717) is 34.9 Å². The highest BCUT2D eigenvalue weighted by Crippen LogP contribution is 2.25. The normalized spacial score (nSPS) is 10.5. The van der Waals surface area contributed by atoms with Crippen LogP contribution in [0.5, 0.6) is 5.75 Å². The summed E-state index contributed by atoms with van der Waals surface area (Å²) in [6.07, 6.45) is 1.66. The number of ether oxygens (including phenoxy) is 1. The molecule has 0 unspecified atom stereocenters. The van der Waals surface area contributed by atoms with E-state index in [1.807, 2.05) is 37.3 Å². The zero-order valence-corrected chi connectivity index (χ0v) is 16.1. The van der Waals surface area contributed by atoms with Gasteiger partial charge in [0.15, 0.2) is 10.9 Å². The SMILES string of the molecule is CCOc1ccccc1NC(=S)Nc1nn(Cc2cccc(F)c2)cc1Cl. The van der Waals surface area contributed by atoms with Gasteiger partial charge in [-0.05, 0) is 49.0 Å². The topological polar surface area (TPSA) is 51.1 Å². The summed E-state index contributed by atoms with van der Waals surface area (Å²) in [6, 6.07) is 13.8. The van der Waals surface area contributed by atoms with Crippen molar-refractivity contribution in [3.8, 4) is 5.75 Å². The number of rotatable bonds is 6. The maximum Gasteiger partial charge on any atom is 0.176 e. The minimum atomic E-state index is -0.289. The summed E-state index contributed by atoms with van der Waals surface area (Å²) in [6.45, 7) is 2.86. The summed E-state index contributed by atoms with van der Waals surface area (Å²) in [5.41, 5.74) is 1.53. The van der Waals surface area contributed by atoms with E-state index in [0.717, 1.165) is 11.3 Å². The van der Waals surface area contributed by atoms with Crippen LogP contribution in [0.4, 0.5) is 15.9 Å². The molecule has 3 rings (SSSR count). The lowest BCUT2D eigenvalue weighted by molar-refractivity contribution is 0.342. The smallest absolute Gasteiger partial charge is 0.176 e. The molecule has 0 radical (unpaired) electrons. The Morgan fingerprint density at radius 1 is 1.22 bits per heavy atom. The van der Waals surface area contributed by atoms with Crippen LogP contribution in [0.3, 0.4) is 0 Å². The molecule has 0 amide bonds. The van der Waals surface area contributed by atoms with Gasteiger partial charge in [-0.2, -0.15) is 5.10 Å². The van der Waals surface area contributed by atoms with Gasteiger partial charge < -0.3 is 15.4 Å². The first-order valence-electron chi connectivity index (χ1n) is 8.32. The second kappa shape index (κ2) is 8.83. The monoisotopic (exact) mass is 404 g/mol. The number of benzene rings is 2. The van der Waals surface area contributed by atoms with Crippen LogP contribution in [0.2, 0.25) is 5.02 Å². The van der Waals surface area contributed by atoms with Crippen molar-refractivity contribution in [3.05, 3.63) is 71.1 Å². The molecular weight excluding hydrogens is 387 g/mol. The predicted molar refractivity (Wildman–Crippen MR) is 110 cm³/mol. The van der Waals surface area contributed by atoms with Gasteiger partial charge in [0.25, 0.3) is 0 Å². The Morgan fingerprint density at radius 2 is 2.04 bits per heavy atom. The fourth-order valence-corrected chi connectivity index (χ4v) is 2.90. The highest BCUT2D eigenvalue weighted by atomic mass is 35.5. The van der Waals surface area contributed by atoms with Gasteiger partial charge in [-0.15, -0.1) is 0 Å². The molecule has 1 aromatic heterocycles. The average molecular weight is 405 g/mol. The van der Waals surface area contributed by atoms with Gasteiger partial charge in [0.2, 0.25) is 0 Å². The van der Waals surface area contributed by atoms with Crippen LogP contribution >= 0.6 is 23.8 Å². The Balaban J connectivity index is 1.67. The van der Waals surface area contributed by atoms with Gasteiger partial charge in [0.1, 0.15) is 16.6 Å². The van der Waals surface area contributed by atoms with Crippen molar-refractivity contribution in [3.63, 3.8) is 0 Å². The number of halogens is 2. The fraction of sp³-hybridized carbons (Fsp3) is 0.158. The number of nitrogens with zero attached hydrogens (tertiary/aromatic N) is 2. The summed E-state index contributed by atoms with van der Waals surface area (Å²) in [4.78, 5) is 0. The van der Waals surface area contributed by atoms with Gasteiger partial charge in [0, 0.05) is 6.20 Å². The molecule has 0 aliphatic carbocycles. The fourth-order valence-electron chi connectivity index (χ4n) is 2.50. The van der Waals surface area contributed by atoms with Crippen molar-refractivity contribution >= 4 is 40.4 Å². The van der Waals surface area contributed by atoms with Crippen LogP contribution < -0.4 is 15.4 Å². The molecule has 8 heteroatoms. The zero-order chi connectivity index (χ0) is 19.2. The number of hydrogen-bond donors (Lipinski definition) is 2. The van der Waals surface area contributed by atoms with E-state index in [2.05, 4.69) is 15.7 Å². The second-order valence-electron chi connectivity index (χ2n) is 5.66. The Labute approximate surface area is 167 Å². The van der Waals surface area contributed by atoms with Crippen LogP contribution in [-0.4, -0.2) is 21.5 Å². The van der Waals surface area contributed by atoms with Crippen LogP contribution in [0.15, 0.2) is 54.7 Å². The molecule has 2 aromatic carbocycles. The number of para-hydroxylation sites is 2. The molecule has 0 saturated carbocycles. The number of nitrogens with one attached hydrogen (secondary N) is 2. The molecule has 27 heavy (non-hydrogen) atoms. The highest BCUT2D eigenvalue weighted by Gasteiger charge is 2.11. The summed E-state index contributed by atoms with van der Waals surface area (Å²) >= 11 is 11.6. The second-order valence-corrected chi connectivity index (χ2v) is 6.48. The van der Waals surface area contributed by atoms with Crippen molar-refractivity contribution in [2.75, 3.05) is 17.2 Å². The summed E-state index contributed by atoms with van der Waals surface area (Å²) in [5.74, 6) is 0.828. The van der Waals surface area contributed by atoms with E-state index in [1.165, 1.54) is 12.1 Å². The summed E-state index contributed by atoms with van der Waals surface area (Å²) in [5, 5.41) is 11.2. The van der Waals surface area contributed by atoms with Crippen molar-refractivity contribution in [2.24, 2.45) is 0 Å². The molecule has 5 nitrogen and oxygen atoms in total. The number of anilines is 2. The van der Waals surface area contributed by atoms with Crippen molar-refractivity contribution in [1.82, 2.24) is 9.78 Å². The molecule has 0 fully saturated rings. The van der Waals surface area contributed by atoms with Crippen LogP contribution in [-0.2, 0) is 6.54 Å². The van der Waals surface area contributed by atoms with Crippen LogP contribution in [0, 0.1) is 5.82 Å². The Kier molecular flexibility index (Phi) is 6.26. The number of aromatic nitrogens is 2. The first-order chi connectivity index (χ1) is 13.0. The van der Waals surface area contributed by atoms with Crippen LogP contribution in [0.1, 0.15) is 12.5 Å². The van der Waals surface area contributed by atoms with E-state index in [1.54, 1.807) is 16.9 Å². The van der Waals surface area contributed by atoms with E-state index in [4.69, 9.17) is 28.6 Å². The Morgan fingerprint density at radius 3 is 2.81 bits per heavy atom. The van der Waals surface area contributed by atoms with Gasteiger partial charge in [-0.1, -0.05) is 35.9 Å². The minimum absolute atomic E-state index is 0.289. The molecule has 0 aliphatic rings. The molecule has 0 atom stereocenters. The molecule has 2 N–H and O–H groups in total. The van der Waals surface area contributed by atoms with Gasteiger partial charge in [0.05, 0.1) is 18.8 Å². The molecule has 3 aromatic rings. The highest BCUT2D eigenvalue weighted by molar-refractivity contribution is 7.80. The maximum absolute atomic E-state index is 13.3. The lowest BCUT2D eigenvalue weighted by atomic mass is 10.2. The maximum atomic E-state index is 13.3. The quantitative estimate of drug-likeness (QED) is 0.570. The molecule has 0 aliphatic heterocycles. The lowest BCUT2D eigenvalue weighted by Gasteiger charge is -2.13. The largest absolute Gasteiger partial charge is 0.492 e. The number of thiocarbonyl (C=S) groups is 1. The molecule has 1 heterocycles. The van der Waals surface area contributed by atoms with Crippen molar-refractivity contribution < 1.29 is 9.13 Å². The first-order valence-corrected chi connectivity index (χ1v) is 9.11. The average Bonchev–Trinajstić information content (AvgIpc) is 2.96. The Hall–Kier alpha value is -2.64. The molecule has 0 spiro atoms. The van der Waals surface area contributed by atoms with Gasteiger partial charge in [-0.25, -0.2) is 4.39 Å². The zero-order valence-electron chi connectivity index (χ0n) is 14.6. The Bertz CT molecular complexity index is 947. The van der Waals surface area contributed by atoms with Gasteiger partial charge >= 0.3 is 0 Å². The molecular formula is C19H18ClFN4OS. The molecule has 0 bridgehead atoms. The first kappa shape index (κ1) is 19.1. The van der Waals surface area contributed by atoms with E-state index in [-0.39, 0.29) is 5.82 Å². The van der Waals surface area contributed by atoms with Gasteiger partial charge in [-0.3, -0.25) is 4.68 Å². The predicted octanol–water partition coefficient (Wildman–Crippen LogP) is 4.93. The minimum Gasteiger partial charge on any atom is -0.492 e. The third-order valence-corrected chi connectivity index (χ3v) is 4.10. The third kappa shape index (κ3) is 5.18. The standard InChI is InChI=1S/C19H18ClFN4OS/c1-2-26-17-9-4-3-8-16(17)22-19(27)23-18-15(20)12-25(24-18)11-13-6-5-7-14(21)10-13/h3-10,12H,2,11H2,1H3,(H2,22,23,24,27). The number of hydrogen-bond acceptors (Lipinski definition) is 3. The summed E-state index contributed by atoms with van der Waals surface area (Å²) < 4.78 is 20.5. The molecule has 0 saturated heterocycles. The third-order valence-electron chi connectivity index (χ3n) is 3.62. The van der Waals surface area contributed by atoms with Crippen molar-refractivity contribution in [2.45, 2.75) is 13.5 Å². The lowest BCUT2D eigenvalue weighted by Crippen LogP contribution is -2.20. The van der Waals surface area contributed by atoms with E-state index < -0.39 is 0 Å². The van der Waals surface area contributed by atoms with E-state index in [9.17, 15) is 4.39 Å². The van der Waals surface area contributed by atoms with Crippen molar-refractivity contribution in [1.29, 1.82) is 0 Å². The summed E-state index contributed by atoms with van der Waals surface area (Å²) in [7, 11) is 0.